The molecule has 33 heavy (non-hydrogen) atoms. The molecule has 2 aliphatic heterocycles. The normalized spacial score (nSPS) is 16.5. The number of amides is 2. The Bertz CT molecular complexity index is 1370. The van der Waals surface area contributed by atoms with E-state index in [0.717, 1.165) is 16.8 Å². The van der Waals surface area contributed by atoms with Gasteiger partial charge in [0.2, 0.25) is 5.28 Å². The molecule has 0 aromatic carbocycles. The maximum Gasteiger partial charge on any atom is 0.259 e. The van der Waals surface area contributed by atoms with E-state index >= 15 is 4.39 Å². The van der Waals surface area contributed by atoms with E-state index in [1.54, 1.807) is 18.1 Å². The topological polar surface area (TPSA) is 116 Å². The summed E-state index contributed by atoms with van der Waals surface area (Å²) in [6.45, 7) is 1.06. The van der Waals surface area contributed by atoms with E-state index in [0.29, 0.717) is 61.3 Å². The van der Waals surface area contributed by atoms with Gasteiger partial charge in [0.15, 0.2) is 11.6 Å². The van der Waals surface area contributed by atoms with Gasteiger partial charge < -0.3 is 20.5 Å². The average molecular weight is 468 g/mol. The zero-order chi connectivity index (χ0) is 22.9. The largest absolute Gasteiger partial charge is 0.357 e. The molecule has 3 aliphatic rings. The Labute approximate surface area is 192 Å². The van der Waals surface area contributed by atoms with Gasteiger partial charge in [0.25, 0.3) is 11.8 Å². The highest BCUT2D eigenvalue weighted by Gasteiger charge is 2.33. The summed E-state index contributed by atoms with van der Waals surface area (Å²) in [5, 5.41) is 5.71. The molecule has 0 atom stereocenters. The van der Waals surface area contributed by atoms with Crippen LogP contribution in [0.25, 0.3) is 11.3 Å². The van der Waals surface area contributed by atoms with Crippen LogP contribution in [-0.4, -0.2) is 56.8 Å². The maximum absolute atomic E-state index is 15.9. The molecule has 5 heterocycles. The number of nitrogens with zero attached hydrogens (tertiary/aromatic N) is 4. The number of carbonyl (C=O) groups is 2. The summed E-state index contributed by atoms with van der Waals surface area (Å²) >= 11 is 6.08. The molecule has 1 aliphatic carbocycles. The zero-order valence-corrected chi connectivity index (χ0v) is 18.4. The third kappa shape index (κ3) is 3.01. The van der Waals surface area contributed by atoms with Crippen molar-refractivity contribution in [2.24, 2.45) is 0 Å². The van der Waals surface area contributed by atoms with Gasteiger partial charge in [-0.2, -0.15) is 4.98 Å². The van der Waals surface area contributed by atoms with Crippen LogP contribution in [0.3, 0.4) is 0 Å². The predicted octanol–water partition coefficient (Wildman–Crippen LogP) is 2.42. The number of aromatic amines is 1. The lowest BCUT2D eigenvalue weighted by Gasteiger charge is -2.26. The molecule has 3 N–H and O–H groups in total. The lowest BCUT2D eigenvalue weighted by Crippen LogP contribution is -2.35. The zero-order valence-electron chi connectivity index (χ0n) is 17.7. The number of hydrogen-bond acceptors (Lipinski definition) is 6. The summed E-state index contributed by atoms with van der Waals surface area (Å²) in [4.78, 5) is 42.6. The standard InChI is InChI=1S/C22H19ClFN7O2/c1-31-7-5-12-15(21(31)33)18(30-22(23)28-12)29-19-16(24)13-9(8-26-19)2-3-10-14-11(27-17(10)13)4-6-25-20(14)32/h8,27H,2-7H2,1H3,(H,25,32)(H,26,28,29,30). The molecule has 3 aromatic heterocycles. The minimum atomic E-state index is -0.576. The van der Waals surface area contributed by atoms with Gasteiger partial charge in [0.05, 0.1) is 17.0 Å². The minimum Gasteiger partial charge on any atom is -0.357 e. The van der Waals surface area contributed by atoms with E-state index in [4.69, 9.17) is 11.6 Å². The Hall–Kier alpha value is -3.53. The van der Waals surface area contributed by atoms with Crippen molar-refractivity contribution < 1.29 is 14.0 Å². The minimum absolute atomic E-state index is 0.0303. The lowest BCUT2D eigenvalue weighted by atomic mass is 9.88. The van der Waals surface area contributed by atoms with Crippen LogP contribution >= 0.6 is 11.6 Å². The molecule has 0 spiro atoms. The Kier molecular flexibility index (Phi) is 4.41. The van der Waals surface area contributed by atoms with E-state index in [1.807, 2.05) is 0 Å². The van der Waals surface area contributed by atoms with Gasteiger partial charge in [-0.25, -0.2) is 14.4 Å². The van der Waals surface area contributed by atoms with E-state index in [1.165, 1.54) is 0 Å². The molecular weight excluding hydrogens is 449 g/mol. The Balaban J connectivity index is 1.47. The van der Waals surface area contributed by atoms with Crippen molar-refractivity contribution in [1.29, 1.82) is 0 Å². The number of nitrogens with one attached hydrogen (secondary N) is 3. The summed E-state index contributed by atoms with van der Waals surface area (Å²) in [6, 6.07) is 0. The number of aryl methyl sites for hydroxylation is 1. The van der Waals surface area contributed by atoms with E-state index in [-0.39, 0.29) is 34.3 Å². The number of rotatable bonds is 2. The van der Waals surface area contributed by atoms with Gasteiger partial charge in [-0.05, 0) is 35.6 Å². The molecule has 0 unspecified atom stereocenters. The van der Waals surface area contributed by atoms with Crippen molar-refractivity contribution in [2.45, 2.75) is 25.7 Å². The van der Waals surface area contributed by atoms with Crippen LogP contribution in [0.15, 0.2) is 6.20 Å². The summed E-state index contributed by atoms with van der Waals surface area (Å²) in [7, 11) is 1.69. The number of aromatic nitrogens is 4. The average Bonchev–Trinajstić information content (AvgIpc) is 3.17. The Morgan fingerprint density at radius 3 is 2.79 bits per heavy atom. The second kappa shape index (κ2) is 7.24. The van der Waals surface area contributed by atoms with Crippen LogP contribution in [0, 0.1) is 5.82 Å². The molecule has 0 saturated carbocycles. The molecule has 168 valence electrons. The molecule has 0 radical (unpaired) electrons. The summed E-state index contributed by atoms with van der Waals surface area (Å²) in [5.74, 6) is -0.924. The highest BCUT2D eigenvalue weighted by atomic mass is 35.5. The van der Waals surface area contributed by atoms with Crippen molar-refractivity contribution >= 4 is 35.1 Å². The van der Waals surface area contributed by atoms with Crippen LogP contribution in [-0.2, 0) is 25.7 Å². The van der Waals surface area contributed by atoms with Crippen LogP contribution in [0.5, 0.6) is 0 Å². The molecule has 0 fully saturated rings. The number of hydrogen-bond donors (Lipinski definition) is 3. The Morgan fingerprint density at radius 1 is 1.09 bits per heavy atom. The van der Waals surface area contributed by atoms with Gasteiger partial charge in [0, 0.05) is 50.4 Å². The number of H-pyrrole nitrogens is 1. The lowest BCUT2D eigenvalue weighted by molar-refractivity contribution is 0.0779. The SMILES string of the molecule is CN1CCc2nc(Cl)nc(Nc3ncc4c(c3F)-c3[nH]c5c(c3CC4)C(=O)NCC5)c2C1=O. The second-order valence-electron chi connectivity index (χ2n) is 8.42. The number of anilines is 2. The van der Waals surface area contributed by atoms with Crippen molar-refractivity contribution in [1.82, 2.24) is 30.2 Å². The Morgan fingerprint density at radius 2 is 1.94 bits per heavy atom. The van der Waals surface area contributed by atoms with Gasteiger partial charge in [-0.1, -0.05) is 0 Å². The first-order valence-electron chi connectivity index (χ1n) is 10.7. The smallest absolute Gasteiger partial charge is 0.259 e. The molecule has 0 saturated heterocycles. The van der Waals surface area contributed by atoms with Crippen LogP contribution in [0.2, 0.25) is 5.28 Å². The highest BCUT2D eigenvalue weighted by molar-refractivity contribution is 6.28. The molecular formula is C22H19ClFN7O2. The summed E-state index contributed by atoms with van der Waals surface area (Å²) in [6.07, 6.45) is 4.01. The highest BCUT2D eigenvalue weighted by Crippen LogP contribution is 2.40. The number of halogens is 2. The molecule has 3 aromatic rings. The first-order valence-corrected chi connectivity index (χ1v) is 11.1. The quantitative estimate of drug-likeness (QED) is 0.498. The van der Waals surface area contributed by atoms with Gasteiger partial charge >= 0.3 is 0 Å². The van der Waals surface area contributed by atoms with Gasteiger partial charge in [-0.15, -0.1) is 0 Å². The van der Waals surface area contributed by atoms with Crippen molar-refractivity contribution in [3.8, 4) is 11.3 Å². The predicted molar refractivity (Wildman–Crippen MR) is 118 cm³/mol. The molecule has 0 bridgehead atoms. The van der Waals surface area contributed by atoms with Crippen LogP contribution in [0.4, 0.5) is 16.0 Å². The van der Waals surface area contributed by atoms with E-state index < -0.39 is 5.82 Å². The third-order valence-electron chi connectivity index (χ3n) is 6.50. The summed E-state index contributed by atoms with van der Waals surface area (Å²) in [5.41, 5.74) is 4.80. The van der Waals surface area contributed by atoms with Gasteiger partial charge in [-0.3, -0.25) is 9.59 Å². The van der Waals surface area contributed by atoms with Crippen molar-refractivity contribution in [3.63, 3.8) is 0 Å². The van der Waals surface area contributed by atoms with Crippen molar-refractivity contribution in [3.05, 3.63) is 50.9 Å². The van der Waals surface area contributed by atoms with Crippen LogP contribution in [0.1, 0.15) is 43.2 Å². The summed E-state index contributed by atoms with van der Waals surface area (Å²) < 4.78 is 15.9. The van der Waals surface area contributed by atoms with Crippen LogP contribution < -0.4 is 10.6 Å². The molecule has 11 heteroatoms. The van der Waals surface area contributed by atoms with Gasteiger partial charge in [0.1, 0.15) is 11.4 Å². The molecule has 2 amide bonds. The second-order valence-corrected chi connectivity index (χ2v) is 8.76. The fourth-order valence-electron chi connectivity index (χ4n) is 4.89. The number of likely N-dealkylation sites (N-methyl/N-ethyl adjacent to an activating group) is 1. The number of pyridine rings is 1. The third-order valence-corrected chi connectivity index (χ3v) is 6.67. The fourth-order valence-corrected chi connectivity index (χ4v) is 5.08. The van der Waals surface area contributed by atoms with E-state index in [9.17, 15) is 9.59 Å². The molecule has 9 nitrogen and oxygen atoms in total. The molecule has 6 rings (SSSR count). The number of fused-ring (bicyclic) bond motifs is 6. The number of carbonyl (C=O) groups excluding carboxylic acids is 2. The monoisotopic (exact) mass is 467 g/mol. The first kappa shape index (κ1) is 20.1. The fraction of sp³-hybridized carbons (Fsp3) is 0.318. The van der Waals surface area contributed by atoms with Crippen molar-refractivity contribution in [2.75, 3.05) is 25.5 Å². The maximum atomic E-state index is 15.9. The first-order chi connectivity index (χ1) is 15.9. The van der Waals surface area contributed by atoms with E-state index in [2.05, 4.69) is 30.6 Å².